The van der Waals surface area contributed by atoms with E-state index in [1.54, 1.807) is 0 Å². The van der Waals surface area contributed by atoms with Crippen molar-refractivity contribution < 1.29 is 10.2 Å². The lowest BCUT2D eigenvalue weighted by molar-refractivity contribution is -0.101. The van der Waals surface area contributed by atoms with Crippen LogP contribution in [0.4, 0.5) is 0 Å². The molecule has 0 aliphatic heterocycles. The minimum absolute atomic E-state index is 0.102. The van der Waals surface area contributed by atoms with Crippen LogP contribution in [0.3, 0.4) is 0 Å². The summed E-state index contributed by atoms with van der Waals surface area (Å²) in [5.74, 6) is 5.39. The average Bonchev–Trinajstić information content (AvgIpc) is 2.93. The van der Waals surface area contributed by atoms with Crippen LogP contribution in [0.15, 0.2) is 0 Å². The Hall–Kier alpha value is -0.520. The Balaban J connectivity index is 1.66. The van der Waals surface area contributed by atoms with Gasteiger partial charge in [-0.25, -0.2) is 0 Å². The van der Waals surface area contributed by atoms with Crippen molar-refractivity contribution in [3.8, 4) is 12.3 Å². The van der Waals surface area contributed by atoms with Gasteiger partial charge in [0, 0.05) is 0 Å². The Labute approximate surface area is 134 Å². The van der Waals surface area contributed by atoms with E-state index >= 15 is 0 Å². The maximum absolute atomic E-state index is 10.7. The molecular formula is C20H30O2. The first-order valence-electron chi connectivity index (χ1n) is 9.21. The van der Waals surface area contributed by atoms with E-state index in [1.165, 1.54) is 25.7 Å². The second kappa shape index (κ2) is 4.52. The van der Waals surface area contributed by atoms with Crippen molar-refractivity contribution in [2.75, 3.05) is 0 Å². The summed E-state index contributed by atoms with van der Waals surface area (Å²) in [5, 5.41) is 21.2. The summed E-state index contributed by atoms with van der Waals surface area (Å²) in [4.78, 5) is 0. The fourth-order valence-electron chi connectivity index (χ4n) is 7.34. The minimum Gasteiger partial charge on any atom is -0.393 e. The lowest BCUT2D eigenvalue weighted by atomic mass is 9.48. The molecule has 22 heavy (non-hydrogen) atoms. The zero-order chi connectivity index (χ0) is 15.8. The average molecular weight is 302 g/mol. The summed E-state index contributed by atoms with van der Waals surface area (Å²) < 4.78 is 0. The highest BCUT2D eigenvalue weighted by Gasteiger charge is 2.63. The summed E-state index contributed by atoms with van der Waals surface area (Å²) in [6.07, 6.45) is 14.2. The monoisotopic (exact) mass is 302 g/mol. The highest BCUT2D eigenvalue weighted by molar-refractivity contribution is 5.20. The summed E-state index contributed by atoms with van der Waals surface area (Å²) in [5.41, 5.74) is -0.519. The third kappa shape index (κ3) is 1.76. The van der Waals surface area contributed by atoms with Crippen molar-refractivity contribution in [3.63, 3.8) is 0 Å². The third-order valence-electron chi connectivity index (χ3n) is 8.54. The van der Waals surface area contributed by atoms with Gasteiger partial charge in [0.25, 0.3) is 0 Å². The van der Waals surface area contributed by atoms with E-state index in [0.29, 0.717) is 17.8 Å². The first kappa shape index (κ1) is 15.0. The van der Waals surface area contributed by atoms with Crippen molar-refractivity contribution in [3.05, 3.63) is 0 Å². The van der Waals surface area contributed by atoms with Crippen LogP contribution >= 0.6 is 0 Å². The zero-order valence-corrected chi connectivity index (χ0v) is 14.0. The van der Waals surface area contributed by atoms with Gasteiger partial charge in [0.05, 0.1) is 6.10 Å². The molecule has 4 rings (SSSR count). The lowest BCUT2D eigenvalue weighted by Gasteiger charge is -2.57. The number of terminal acetylenes is 1. The van der Waals surface area contributed by atoms with Gasteiger partial charge in [-0.15, -0.1) is 6.42 Å². The van der Waals surface area contributed by atoms with Crippen LogP contribution in [0, 0.1) is 46.8 Å². The molecular weight excluding hydrogens is 272 g/mol. The number of rotatable bonds is 0. The number of aliphatic hydroxyl groups excluding tert-OH is 1. The van der Waals surface area contributed by atoms with E-state index in [4.69, 9.17) is 6.42 Å². The Morgan fingerprint density at radius 2 is 1.73 bits per heavy atom. The van der Waals surface area contributed by atoms with Crippen LogP contribution in [-0.4, -0.2) is 21.9 Å². The van der Waals surface area contributed by atoms with Crippen LogP contribution in [0.25, 0.3) is 0 Å². The molecule has 0 heterocycles. The maximum Gasteiger partial charge on any atom is 0.126 e. The van der Waals surface area contributed by atoms with Crippen LogP contribution in [0.2, 0.25) is 0 Å². The molecule has 0 bridgehead atoms. The molecule has 2 heteroatoms. The highest BCUT2D eigenvalue weighted by Crippen LogP contribution is 2.68. The van der Waals surface area contributed by atoms with Gasteiger partial charge in [-0.3, -0.25) is 0 Å². The van der Waals surface area contributed by atoms with Gasteiger partial charge >= 0.3 is 0 Å². The topological polar surface area (TPSA) is 40.5 Å². The Bertz CT molecular complexity index is 522. The van der Waals surface area contributed by atoms with Crippen LogP contribution < -0.4 is 0 Å². The summed E-state index contributed by atoms with van der Waals surface area (Å²) >= 11 is 0. The van der Waals surface area contributed by atoms with Crippen molar-refractivity contribution in [1.82, 2.24) is 0 Å². The molecule has 4 saturated carbocycles. The third-order valence-corrected chi connectivity index (χ3v) is 8.54. The van der Waals surface area contributed by atoms with Crippen molar-refractivity contribution in [2.24, 2.45) is 34.5 Å². The predicted molar refractivity (Wildman–Crippen MR) is 86.9 cm³/mol. The molecule has 4 aliphatic rings. The van der Waals surface area contributed by atoms with E-state index in [9.17, 15) is 10.2 Å². The molecule has 4 fully saturated rings. The van der Waals surface area contributed by atoms with E-state index in [2.05, 4.69) is 19.8 Å². The Morgan fingerprint density at radius 1 is 1.00 bits per heavy atom. The molecule has 122 valence electrons. The first-order chi connectivity index (χ1) is 10.3. The SMILES string of the molecule is C#CC1(O)CC2CCC3C4CCC(O)C4(C)CCC3C2(C)C1. The second-order valence-corrected chi connectivity index (χ2v) is 9.35. The molecule has 0 aromatic rings. The molecule has 2 nitrogen and oxygen atoms in total. The van der Waals surface area contributed by atoms with Gasteiger partial charge in [0.1, 0.15) is 5.60 Å². The van der Waals surface area contributed by atoms with E-state index in [1.807, 2.05) is 0 Å². The molecule has 0 saturated heterocycles. The van der Waals surface area contributed by atoms with Crippen molar-refractivity contribution in [1.29, 1.82) is 0 Å². The largest absolute Gasteiger partial charge is 0.393 e. The number of fused-ring (bicyclic) bond motifs is 5. The summed E-state index contributed by atoms with van der Waals surface area (Å²) in [7, 11) is 0. The quantitative estimate of drug-likeness (QED) is 0.674. The molecule has 2 N–H and O–H groups in total. The number of hydrogen-bond donors (Lipinski definition) is 2. The number of hydrogen-bond acceptors (Lipinski definition) is 2. The van der Waals surface area contributed by atoms with E-state index in [-0.39, 0.29) is 16.9 Å². The first-order valence-corrected chi connectivity index (χ1v) is 9.21. The molecule has 8 unspecified atom stereocenters. The van der Waals surface area contributed by atoms with E-state index < -0.39 is 5.60 Å². The zero-order valence-electron chi connectivity index (χ0n) is 14.0. The molecule has 0 spiro atoms. The summed E-state index contributed by atoms with van der Waals surface area (Å²) in [6, 6.07) is 0. The Morgan fingerprint density at radius 3 is 2.45 bits per heavy atom. The molecule has 8 atom stereocenters. The molecule has 0 radical (unpaired) electrons. The highest BCUT2D eigenvalue weighted by atomic mass is 16.3. The van der Waals surface area contributed by atoms with Gasteiger partial charge in [0.2, 0.25) is 0 Å². The van der Waals surface area contributed by atoms with Gasteiger partial charge in [-0.1, -0.05) is 19.8 Å². The molecule has 0 aromatic carbocycles. The second-order valence-electron chi connectivity index (χ2n) is 9.35. The van der Waals surface area contributed by atoms with Crippen LogP contribution in [0.1, 0.15) is 65.2 Å². The number of aliphatic hydroxyl groups is 2. The molecule has 0 aromatic heterocycles. The Kier molecular flexibility index (Phi) is 3.09. The lowest BCUT2D eigenvalue weighted by Crippen LogP contribution is -2.51. The van der Waals surface area contributed by atoms with Crippen molar-refractivity contribution >= 4 is 0 Å². The molecule has 4 aliphatic carbocycles. The fourth-order valence-corrected chi connectivity index (χ4v) is 7.34. The van der Waals surface area contributed by atoms with Gasteiger partial charge < -0.3 is 10.2 Å². The van der Waals surface area contributed by atoms with Gasteiger partial charge in [0.15, 0.2) is 0 Å². The predicted octanol–water partition coefficient (Wildman–Crippen LogP) is 3.36. The standard InChI is InChI=1S/C20H30O2/c1-4-20(22)11-13-5-6-14-15-7-8-17(21)18(15,2)10-9-16(14)19(13,3)12-20/h1,13-17,21-22H,5-12H2,2-3H3. The minimum atomic E-state index is -0.871. The van der Waals surface area contributed by atoms with E-state index in [0.717, 1.165) is 31.6 Å². The van der Waals surface area contributed by atoms with Crippen LogP contribution in [0.5, 0.6) is 0 Å². The molecule has 0 amide bonds. The van der Waals surface area contributed by atoms with Crippen molar-refractivity contribution in [2.45, 2.75) is 76.9 Å². The summed E-state index contributed by atoms with van der Waals surface area (Å²) in [6.45, 7) is 4.73. The van der Waals surface area contributed by atoms with Gasteiger partial charge in [-0.2, -0.15) is 0 Å². The maximum atomic E-state index is 10.7. The normalized spacial score (nSPS) is 60.2. The van der Waals surface area contributed by atoms with Crippen LogP contribution in [-0.2, 0) is 0 Å². The smallest absolute Gasteiger partial charge is 0.126 e. The fraction of sp³-hybridized carbons (Fsp3) is 0.900. The van der Waals surface area contributed by atoms with Gasteiger partial charge in [-0.05, 0) is 85.9 Å².